The molecule has 0 atom stereocenters. The zero-order valence-electron chi connectivity index (χ0n) is 13.4. The molecule has 0 spiro atoms. The van der Waals surface area contributed by atoms with Gasteiger partial charge in [-0.25, -0.2) is 4.39 Å². The fraction of sp³-hybridized carbons (Fsp3) is 0.158. The van der Waals surface area contributed by atoms with E-state index in [4.69, 9.17) is 0 Å². The van der Waals surface area contributed by atoms with Crippen molar-refractivity contribution in [2.75, 3.05) is 5.32 Å². The Hall–Kier alpha value is -2.95. The van der Waals surface area contributed by atoms with E-state index in [0.29, 0.717) is 11.1 Å². The van der Waals surface area contributed by atoms with Crippen LogP contribution in [0.2, 0.25) is 0 Å². The molecule has 0 saturated heterocycles. The highest BCUT2D eigenvalue weighted by molar-refractivity contribution is 6.05. The largest absolute Gasteiger partial charge is 0.321 e. The lowest BCUT2D eigenvalue weighted by molar-refractivity contribution is 0.101. The number of benzene rings is 2. The number of hydrogen-bond donors (Lipinski definition) is 1. The zero-order valence-corrected chi connectivity index (χ0v) is 13.4. The summed E-state index contributed by atoms with van der Waals surface area (Å²) < 4.78 is 14.9. The van der Waals surface area contributed by atoms with E-state index in [9.17, 15) is 14.0 Å². The number of para-hydroxylation sites is 1. The molecule has 1 aromatic heterocycles. The number of fused-ring (bicyclic) bond motifs is 1. The molecular formula is C19H17FN2O2. The molecule has 0 radical (unpaired) electrons. The summed E-state index contributed by atoms with van der Waals surface area (Å²) in [5.74, 6) is -0.852. The number of nitrogens with zero attached hydrogens (tertiary/aromatic N) is 1. The van der Waals surface area contributed by atoms with E-state index in [1.807, 2.05) is 32.0 Å². The van der Waals surface area contributed by atoms with Gasteiger partial charge in [-0.15, -0.1) is 0 Å². The summed E-state index contributed by atoms with van der Waals surface area (Å²) >= 11 is 0. The van der Waals surface area contributed by atoms with Crippen molar-refractivity contribution in [2.45, 2.75) is 19.9 Å². The number of carbonyl (C=O) groups excluding carboxylic acids is 1. The molecule has 1 N–H and O–H groups in total. The predicted molar refractivity (Wildman–Crippen MR) is 92.9 cm³/mol. The van der Waals surface area contributed by atoms with Crippen LogP contribution in [-0.2, 0) is 0 Å². The van der Waals surface area contributed by atoms with Crippen LogP contribution in [0.15, 0.2) is 59.4 Å². The van der Waals surface area contributed by atoms with Gasteiger partial charge >= 0.3 is 0 Å². The van der Waals surface area contributed by atoms with E-state index in [1.165, 1.54) is 22.8 Å². The van der Waals surface area contributed by atoms with Crippen LogP contribution in [0.1, 0.15) is 30.4 Å². The molecule has 0 aliphatic carbocycles. The monoisotopic (exact) mass is 324 g/mol. The van der Waals surface area contributed by atoms with Gasteiger partial charge < -0.3 is 9.88 Å². The van der Waals surface area contributed by atoms with Crippen molar-refractivity contribution in [2.24, 2.45) is 0 Å². The molecular weight excluding hydrogens is 307 g/mol. The Morgan fingerprint density at radius 1 is 1.08 bits per heavy atom. The Balaban J connectivity index is 2.16. The first kappa shape index (κ1) is 15.9. The number of hydrogen-bond acceptors (Lipinski definition) is 2. The number of aromatic nitrogens is 1. The molecule has 2 aromatic carbocycles. The second-order valence-electron chi connectivity index (χ2n) is 5.85. The minimum Gasteiger partial charge on any atom is -0.321 e. The van der Waals surface area contributed by atoms with E-state index >= 15 is 0 Å². The van der Waals surface area contributed by atoms with Gasteiger partial charge in [0.1, 0.15) is 11.5 Å². The Labute approximate surface area is 138 Å². The van der Waals surface area contributed by atoms with Gasteiger partial charge in [-0.05, 0) is 49.6 Å². The average molecular weight is 324 g/mol. The standard InChI is InChI=1S/C19H17FN2O2/c1-12(2)22-17(18(23)21-15-6-4-3-5-7-15)10-13-8-9-14(20)11-16(13)19(22)24/h3-12H,1-2H3,(H,21,23). The van der Waals surface area contributed by atoms with Crippen molar-refractivity contribution < 1.29 is 9.18 Å². The number of rotatable bonds is 3. The summed E-state index contributed by atoms with van der Waals surface area (Å²) in [6.45, 7) is 3.62. The molecule has 1 heterocycles. The molecule has 0 fully saturated rings. The molecule has 0 unspecified atom stereocenters. The highest BCUT2D eigenvalue weighted by atomic mass is 19.1. The smallest absolute Gasteiger partial charge is 0.272 e. The quantitative estimate of drug-likeness (QED) is 0.792. The van der Waals surface area contributed by atoms with Crippen LogP contribution in [0.3, 0.4) is 0 Å². The number of amides is 1. The minimum absolute atomic E-state index is 0.235. The van der Waals surface area contributed by atoms with Gasteiger partial charge in [-0.3, -0.25) is 9.59 Å². The third-order valence-electron chi connectivity index (χ3n) is 3.80. The van der Waals surface area contributed by atoms with Gasteiger partial charge in [0.15, 0.2) is 0 Å². The van der Waals surface area contributed by atoms with E-state index in [0.717, 1.165) is 0 Å². The van der Waals surface area contributed by atoms with Crippen LogP contribution < -0.4 is 10.9 Å². The second-order valence-corrected chi connectivity index (χ2v) is 5.85. The number of nitrogens with one attached hydrogen (secondary N) is 1. The fourth-order valence-corrected chi connectivity index (χ4v) is 2.70. The third-order valence-corrected chi connectivity index (χ3v) is 3.80. The molecule has 0 saturated carbocycles. The first-order valence-corrected chi connectivity index (χ1v) is 7.68. The van der Waals surface area contributed by atoms with Crippen LogP contribution in [0, 0.1) is 5.82 Å². The fourth-order valence-electron chi connectivity index (χ4n) is 2.70. The molecule has 0 bridgehead atoms. The Bertz CT molecular complexity index is 962. The summed E-state index contributed by atoms with van der Waals surface area (Å²) in [6, 6.07) is 14.4. The molecule has 1 amide bonds. The Morgan fingerprint density at radius 3 is 2.46 bits per heavy atom. The average Bonchev–Trinajstić information content (AvgIpc) is 2.55. The molecule has 4 nitrogen and oxygen atoms in total. The predicted octanol–water partition coefficient (Wildman–Crippen LogP) is 3.97. The SMILES string of the molecule is CC(C)n1c(C(=O)Nc2ccccc2)cc2ccc(F)cc2c1=O. The maximum absolute atomic E-state index is 13.5. The summed E-state index contributed by atoms with van der Waals surface area (Å²) in [6.07, 6.45) is 0. The Morgan fingerprint density at radius 2 is 1.79 bits per heavy atom. The van der Waals surface area contributed by atoms with Crippen molar-refractivity contribution in [3.63, 3.8) is 0 Å². The number of anilines is 1. The van der Waals surface area contributed by atoms with Crippen LogP contribution in [-0.4, -0.2) is 10.5 Å². The van der Waals surface area contributed by atoms with E-state index in [2.05, 4.69) is 5.32 Å². The first-order valence-electron chi connectivity index (χ1n) is 7.68. The normalized spacial score (nSPS) is 11.0. The highest BCUT2D eigenvalue weighted by Crippen LogP contribution is 2.18. The van der Waals surface area contributed by atoms with Gasteiger partial charge in [0.05, 0.1) is 5.39 Å². The second kappa shape index (κ2) is 6.28. The van der Waals surface area contributed by atoms with Crippen LogP contribution >= 0.6 is 0 Å². The molecule has 24 heavy (non-hydrogen) atoms. The highest BCUT2D eigenvalue weighted by Gasteiger charge is 2.18. The van der Waals surface area contributed by atoms with E-state index in [-0.39, 0.29) is 28.6 Å². The molecule has 0 aliphatic heterocycles. The molecule has 5 heteroatoms. The van der Waals surface area contributed by atoms with Crippen LogP contribution in [0.4, 0.5) is 10.1 Å². The van der Waals surface area contributed by atoms with E-state index in [1.54, 1.807) is 18.2 Å². The van der Waals surface area contributed by atoms with Gasteiger partial charge in [0.2, 0.25) is 0 Å². The van der Waals surface area contributed by atoms with Gasteiger partial charge in [-0.1, -0.05) is 24.3 Å². The van der Waals surface area contributed by atoms with Crippen molar-refractivity contribution in [3.05, 3.63) is 76.5 Å². The number of carbonyl (C=O) groups is 1. The summed E-state index contributed by atoms with van der Waals surface area (Å²) in [7, 11) is 0. The molecule has 122 valence electrons. The summed E-state index contributed by atoms with van der Waals surface area (Å²) in [4.78, 5) is 25.4. The lowest BCUT2D eigenvalue weighted by Gasteiger charge is -2.17. The van der Waals surface area contributed by atoms with Crippen molar-refractivity contribution in [1.82, 2.24) is 4.57 Å². The lowest BCUT2D eigenvalue weighted by Crippen LogP contribution is -2.30. The maximum atomic E-state index is 13.5. The van der Waals surface area contributed by atoms with Crippen molar-refractivity contribution >= 4 is 22.4 Å². The van der Waals surface area contributed by atoms with Gasteiger partial charge in [0.25, 0.3) is 11.5 Å². The van der Waals surface area contributed by atoms with Gasteiger partial charge in [-0.2, -0.15) is 0 Å². The van der Waals surface area contributed by atoms with Crippen LogP contribution in [0.5, 0.6) is 0 Å². The van der Waals surface area contributed by atoms with Crippen molar-refractivity contribution in [1.29, 1.82) is 0 Å². The maximum Gasteiger partial charge on any atom is 0.272 e. The number of halogens is 1. The molecule has 0 aliphatic rings. The summed E-state index contributed by atoms with van der Waals surface area (Å²) in [5, 5.41) is 3.59. The van der Waals surface area contributed by atoms with Gasteiger partial charge in [0, 0.05) is 11.7 Å². The Kier molecular flexibility index (Phi) is 4.16. The third kappa shape index (κ3) is 2.93. The van der Waals surface area contributed by atoms with Crippen LogP contribution in [0.25, 0.3) is 10.8 Å². The molecule has 3 aromatic rings. The zero-order chi connectivity index (χ0) is 17.3. The van der Waals surface area contributed by atoms with Crippen molar-refractivity contribution in [3.8, 4) is 0 Å². The van der Waals surface area contributed by atoms with E-state index < -0.39 is 5.82 Å². The topological polar surface area (TPSA) is 51.1 Å². The summed E-state index contributed by atoms with van der Waals surface area (Å²) in [5.41, 5.74) is 0.516. The number of pyridine rings is 1. The molecule has 3 rings (SSSR count). The minimum atomic E-state index is -0.476. The first-order chi connectivity index (χ1) is 11.5. The lowest BCUT2D eigenvalue weighted by atomic mass is 10.1.